The minimum absolute atomic E-state index is 0.320. The van der Waals surface area contributed by atoms with Crippen LogP contribution in [0, 0.1) is 11.8 Å². The lowest BCUT2D eigenvalue weighted by atomic mass is 9.82. The van der Waals surface area contributed by atoms with Gasteiger partial charge in [0.05, 0.1) is 10.0 Å². The molecule has 18 heavy (non-hydrogen) atoms. The highest BCUT2D eigenvalue weighted by molar-refractivity contribution is 6.37. The Labute approximate surface area is 118 Å². The number of hydrogen-bond acceptors (Lipinski definition) is 3. The Kier molecular flexibility index (Phi) is 4.57. The highest BCUT2D eigenvalue weighted by Crippen LogP contribution is 2.31. The van der Waals surface area contributed by atoms with Crippen molar-refractivity contribution in [1.29, 1.82) is 0 Å². The SMILES string of the molecule is CC1CCCC(CNc2nc(N)c(Cl)cc2Cl)C1. The van der Waals surface area contributed by atoms with Crippen molar-refractivity contribution in [2.75, 3.05) is 17.6 Å². The number of pyridine rings is 1. The summed E-state index contributed by atoms with van der Waals surface area (Å²) in [6.07, 6.45) is 5.21. The molecule has 1 aromatic heterocycles. The summed E-state index contributed by atoms with van der Waals surface area (Å²) < 4.78 is 0. The van der Waals surface area contributed by atoms with E-state index in [-0.39, 0.29) is 0 Å². The van der Waals surface area contributed by atoms with Gasteiger partial charge < -0.3 is 11.1 Å². The minimum atomic E-state index is 0.320. The van der Waals surface area contributed by atoms with E-state index in [4.69, 9.17) is 28.9 Å². The lowest BCUT2D eigenvalue weighted by Crippen LogP contribution is -2.21. The molecule has 100 valence electrons. The molecule has 3 N–H and O–H groups in total. The summed E-state index contributed by atoms with van der Waals surface area (Å²) in [5.41, 5.74) is 5.68. The monoisotopic (exact) mass is 287 g/mol. The lowest BCUT2D eigenvalue weighted by Gasteiger charge is -2.27. The molecule has 0 saturated heterocycles. The van der Waals surface area contributed by atoms with Crippen molar-refractivity contribution in [1.82, 2.24) is 4.98 Å². The first-order chi connectivity index (χ1) is 8.56. The first-order valence-corrected chi connectivity index (χ1v) is 7.17. The summed E-state index contributed by atoms with van der Waals surface area (Å²) in [4.78, 5) is 4.18. The van der Waals surface area contributed by atoms with E-state index >= 15 is 0 Å². The van der Waals surface area contributed by atoms with E-state index in [0.29, 0.717) is 27.6 Å². The Hall–Kier alpha value is -0.670. The van der Waals surface area contributed by atoms with Crippen LogP contribution < -0.4 is 11.1 Å². The van der Waals surface area contributed by atoms with Gasteiger partial charge in [0.1, 0.15) is 11.6 Å². The third-order valence-electron chi connectivity index (χ3n) is 3.56. The predicted molar refractivity (Wildman–Crippen MR) is 78.3 cm³/mol. The zero-order chi connectivity index (χ0) is 13.1. The van der Waals surface area contributed by atoms with Crippen LogP contribution >= 0.6 is 23.2 Å². The summed E-state index contributed by atoms with van der Waals surface area (Å²) in [5, 5.41) is 4.22. The Morgan fingerprint density at radius 3 is 2.89 bits per heavy atom. The standard InChI is InChI=1S/C13H19Cl2N3/c1-8-3-2-4-9(5-8)7-17-13-11(15)6-10(14)12(16)18-13/h6,8-9H,2-5,7H2,1H3,(H3,16,17,18). The number of rotatable bonds is 3. The second-order valence-electron chi connectivity index (χ2n) is 5.20. The molecule has 1 aliphatic carbocycles. The highest BCUT2D eigenvalue weighted by atomic mass is 35.5. The van der Waals surface area contributed by atoms with E-state index in [0.717, 1.165) is 12.5 Å². The summed E-state index contributed by atoms with van der Waals surface area (Å²) >= 11 is 11.9. The van der Waals surface area contributed by atoms with E-state index in [1.807, 2.05) is 0 Å². The quantitative estimate of drug-likeness (QED) is 0.876. The molecule has 0 aromatic carbocycles. The highest BCUT2D eigenvalue weighted by Gasteiger charge is 2.19. The molecular weight excluding hydrogens is 269 g/mol. The van der Waals surface area contributed by atoms with Gasteiger partial charge in [0, 0.05) is 6.54 Å². The zero-order valence-corrected chi connectivity index (χ0v) is 12.1. The number of halogens is 2. The van der Waals surface area contributed by atoms with Gasteiger partial charge in [-0.3, -0.25) is 0 Å². The number of nitrogens with zero attached hydrogens (tertiary/aromatic N) is 1. The van der Waals surface area contributed by atoms with E-state index in [2.05, 4.69) is 17.2 Å². The van der Waals surface area contributed by atoms with Crippen molar-refractivity contribution in [3.8, 4) is 0 Å². The predicted octanol–water partition coefficient (Wildman–Crippen LogP) is 4.21. The molecule has 1 heterocycles. The van der Waals surface area contributed by atoms with Crippen molar-refractivity contribution in [3.63, 3.8) is 0 Å². The maximum absolute atomic E-state index is 6.08. The number of anilines is 2. The average Bonchev–Trinajstić information content (AvgIpc) is 2.32. The van der Waals surface area contributed by atoms with Crippen LogP contribution in [0.2, 0.25) is 10.0 Å². The minimum Gasteiger partial charge on any atom is -0.382 e. The molecule has 1 aliphatic rings. The van der Waals surface area contributed by atoms with Crippen LogP contribution in [0.4, 0.5) is 11.6 Å². The van der Waals surface area contributed by atoms with Gasteiger partial charge in [-0.1, -0.05) is 43.0 Å². The fourth-order valence-electron chi connectivity index (χ4n) is 2.59. The first-order valence-electron chi connectivity index (χ1n) is 6.41. The van der Waals surface area contributed by atoms with E-state index in [1.165, 1.54) is 25.7 Å². The zero-order valence-electron chi connectivity index (χ0n) is 10.5. The molecule has 0 bridgehead atoms. The van der Waals surface area contributed by atoms with E-state index in [1.54, 1.807) is 6.07 Å². The van der Waals surface area contributed by atoms with Crippen molar-refractivity contribution in [2.45, 2.75) is 32.6 Å². The molecule has 1 fully saturated rings. The average molecular weight is 288 g/mol. The maximum Gasteiger partial charge on any atom is 0.147 e. The van der Waals surface area contributed by atoms with Crippen LogP contribution in [-0.2, 0) is 0 Å². The van der Waals surface area contributed by atoms with Crippen LogP contribution in [0.25, 0.3) is 0 Å². The van der Waals surface area contributed by atoms with Gasteiger partial charge in [-0.05, 0) is 30.7 Å². The molecule has 1 saturated carbocycles. The van der Waals surface area contributed by atoms with Gasteiger partial charge in [-0.2, -0.15) is 0 Å². The topological polar surface area (TPSA) is 50.9 Å². The Morgan fingerprint density at radius 1 is 1.39 bits per heavy atom. The van der Waals surface area contributed by atoms with Gasteiger partial charge >= 0.3 is 0 Å². The Balaban J connectivity index is 1.95. The molecule has 2 rings (SSSR count). The van der Waals surface area contributed by atoms with Crippen molar-refractivity contribution in [3.05, 3.63) is 16.1 Å². The van der Waals surface area contributed by atoms with Crippen molar-refractivity contribution >= 4 is 34.8 Å². The molecule has 2 unspecified atom stereocenters. The third kappa shape index (κ3) is 3.42. The van der Waals surface area contributed by atoms with Gasteiger partial charge in [-0.25, -0.2) is 4.98 Å². The lowest BCUT2D eigenvalue weighted by molar-refractivity contribution is 0.293. The van der Waals surface area contributed by atoms with E-state index in [9.17, 15) is 0 Å². The van der Waals surface area contributed by atoms with Crippen LogP contribution in [0.1, 0.15) is 32.6 Å². The van der Waals surface area contributed by atoms with Crippen molar-refractivity contribution < 1.29 is 0 Å². The molecule has 0 radical (unpaired) electrons. The largest absolute Gasteiger partial charge is 0.382 e. The normalized spacial score (nSPS) is 23.9. The number of aromatic nitrogens is 1. The van der Waals surface area contributed by atoms with Crippen LogP contribution in [0.3, 0.4) is 0 Å². The second kappa shape index (κ2) is 5.98. The number of nitrogens with one attached hydrogen (secondary N) is 1. The molecule has 0 spiro atoms. The molecule has 0 amide bonds. The van der Waals surface area contributed by atoms with Gasteiger partial charge in [0.25, 0.3) is 0 Å². The molecule has 5 heteroatoms. The Morgan fingerprint density at radius 2 is 2.17 bits per heavy atom. The van der Waals surface area contributed by atoms with Crippen LogP contribution in [-0.4, -0.2) is 11.5 Å². The first kappa shape index (κ1) is 13.8. The molecule has 1 aromatic rings. The maximum atomic E-state index is 6.08. The molecule has 3 nitrogen and oxygen atoms in total. The summed E-state index contributed by atoms with van der Waals surface area (Å²) in [7, 11) is 0. The molecule has 2 atom stereocenters. The molecular formula is C13H19Cl2N3. The second-order valence-corrected chi connectivity index (χ2v) is 6.02. The van der Waals surface area contributed by atoms with Gasteiger partial charge in [0.15, 0.2) is 0 Å². The van der Waals surface area contributed by atoms with Crippen LogP contribution in [0.5, 0.6) is 0 Å². The number of hydrogen-bond donors (Lipinski definition) is 2. The smallest absolute Gasteiger partial charge is 0.147 e. The van der Waals surface area contributed by atoms with Gasteiger partial charge in [-0.15, -0.1) is 0 Å². The fraction of sp³-hybridized carbons (Fsp3) is 0.615. The summed E-state index contributed by atoms with van der Waals surface area (Å²) in [6.45, 7) is 3.22. The fourth-order valence-corrected chi connectivity index (χ4v) is 3.02. The summed E-state index contributed by atoms with van der Waals surface area (Å²) in [5.74, 6) is 2.48. The van der Waals surface area contributed by atoms with E-state index < -0.39 is 0 Å². The van der Waals surface area contributed by atoms with Gasteiger partial charge in [0.2, 0.25) is 0 Å². The number of nitrogen functional groups attached to an aromatic ring is 1. The number of nitrogens with two attached hydrogens (primary N) is 1. The Bertz CT molecular complexity index is 423. The summed E-state index contributed by atoms with van der Waals surface area (Å²) in [6, 6.07) is 1.64. The third-order valence-corrected chi connectivity index (χ3v) is 4.15. The van der Waals surface area contributed by atoms with Crippen molar-refractivity contribution in [2.24, 2.45) is 11.8 Å². The van der Waals surface area contributed by atoms with Crippen LogP contribution in [0.15, 0.2) is 6.07 Å². The molecule has 0 aliphatic heterocycles.